The van der Waals surface area contributed by atoms with Crippen LogP contribution in [0.15, 0.2) is 23.8 Å². The molecule has 0 unspecified atom stereocenters. The molecule has 0 amide bonds. The topological polar surface area (TPSA) is 59.0 Å². The summed E-state index contributed by atoms with van der Waals surface area (Å²) in [6.45, 7) is 3.96. The van der Waals surface area contributed by atoms with Crippen molar-refractivity contribution >= 4 is 5.97 Å². The minimum atomic E-state index is -0.862. The Labute approximate surface area is 124 Å². The van der Waals surface area contributed by atoms with Crippen molar-refractivity contribution in [3.63, 3.8) is 0 Å². The molecule has 5 nitrogen and oxygen atoms in total. The number of fused-ring (bicyclic) bond motifs is 1. The highest BCUT2D eigenvalue weighted by atomic mass is 16.5. The summed E-state index contributed by atoms with van der Waals surface area (Å²) in [5.74, 6) is 0.625. The van der Waals surface area contributed by atoms with Crippen LogP contribution in [0.2, 0.25) is 0 Å². The van der Waals surface area contributed by atoms with Crippen molar-refractivity contribution in [3.05, 3.63) is 34.9 Å². The van der Waals surface area contributed by atoms with Gasteiger partial charge in [-0.3, -0.25) is 4.90 Å². The monoisotopic (exact) mass is 291 g/mol. The summed E-state index contributed by atoms with van der Waals surface area (Å²) in [6, 6.07) is 4.04. The van der Waals surface area contributed by atoms with Gasteiger partial charge in [0.15, 0.2) is 11.5 Å². The van der Waals surface area contributed by atoms with E-state index in [9.17, 15) is 4.79 Å². The van der Waals surface area contributed by atoms with E-state index in [4.69, 9.17) is 14.6 Å². The van der Waals surface area contributed by atoms with E-state index in [1.54, 1.807) is 27.2 Å². The second-order valence-electron chi connectivity index (χ2n) is 5.15. The van der Waals surface area contributed by atoms with Gasteiger partial charge in [0, 0.05) is 25.2 Å². The highest BCUT2D eigenvalue weighted by molar-refractivity contribution is 5.85. The van der Waals surface area contributed by atoms with Crippen LogP contribution in [0, 0.1) is 0 Å². The lowest BCUT2D eigenvalue weighted by Gasteiger charge is -2.28. The Morgan fingerprint density at radius 3 is 2.48 bits per heavy atom. The van der Waals surface area contributed by atoms with Crippen LogP contribution < -0.4 is 9.47 Å². The third-order valence-electron chi connectivity index (χ3n) is 3.79. The van der Waals surface area contributed by atoms with Crippen LogP contribution in [0.3, 0.4) is 0 Å². The van der Waals surface area contributed by atoms with Gasteiger partial charge in [-0.15, -0.1) is 0 Å². The zero-order valence-corrected chi connectivity index (χ0v) is 12.7. The van der Waals surface area contributed by atoms with Crippen molar-refractivity contribution in [2.75, 3.05) is 27.3 Å². The maximum Gasteiger partial charge on any atom is 0.330 e. The van der Waals surface area contributed by atoms with Crippen molar-refractivity contribution in [2.24, 2.45) is 0 Å². The predicted molar refractivity (Wildman–Crippen MR) is 79.9 cm³/mol. The molecule has 0 aliphatic carbocycles. The van der Waals surface area contributed by atoms with Gasteiger partial charge in [-0.25, -0.2) is 4.79 Å². The number of methoxy groups -OCH3 is 2. The van der Waals surface area contributed by atoms with Gasteiger partial charge in [-0.05, 0) is 36.6 Å². The molecule has 2 rings (SSSR count). The average molecular weight is 291 g/mol. The van der Waals surface area contributed by atoms with Crippen molar-refractivity contribution in [1.82, 2.24) is 4.90 Å². The molecule has 0 radical (unpaired) electrons. The molecule has 0 aromatic heterocycles. The minimum Gasteiger partial charge on any atom is -0.493 e. The van der Waals surface area contributed by atoms with Crippen molar-refractivity contribution < 1.29 is 19.4 Å². The molecule has 114 valence electrons. The number of rotatable bonds is 5. The summed E-state index contributed by atoms with van der Waals surface area (Å²) < 4.78 is 10.7. The zero-order chi connectivity index (χ0) is 15.4. The first-order chi connectivity index (χ1) is 10.0. The molecule has 0 saturated heterocycles. The molecule has 0 fully saturated rings. The van der Waals surface area contributed by atoms with Crippen molar-refractivity contribution in [1.29, 1.82) is 0 Å². The van der Waals surface area contributed by atoms with Crippen molar-refractivity contribution in [3.8, 4) is 11.5 Å². The van der Waals surface area contributed by atoms with Crippen LogP contribution >= 0.6 is 0 Å². The Kier molecular flexibility index (Phi) is 4.85. The number of nitrogens with zero attached hydrogens (tertiary/aromatic N) is 1. The van der Waals surface area contributed by atoms with E-state index in [1.165, 1.54) is 11.1 Å². The smallest absolute Gasteiger partial charge is 0.330 e. The molecule has 0 atom stereocenters. The summed E-state index contributed by atoms with van der Waals surface area (Å²) in [7, 11) is 3.27. The Morgan fingerprint density at radius 2 is 1.90 bits per heavy atom. The van der Waals surface area contributed by atoms with Gasteiger partial charge in [0.25, 0.3) is 0 Å². The molecule has 1 aliphatic rings. The normalized spacial score (nSPS) is 15.5. The van der Waals surface area contributed by atoms with Gasteiger partial charge in [-0.1, -0.05) is 6.08 Å². The maximum atomic E-state index is 10.8. The molecular formula is C16H21NO4. The number of carboxylic acids is 1. The zero-order valence-electron chi connectivity index (χ0n) is 12.7. The molecule has 1 N–H and O–H groups in total. The van der Waals surface area contributed by atoms with Crippen LogP contribution in [0.1, 0.15) is 18.1 Å². The largest absolute Gasteiger partial charge is 0.493 e. The second-order valence-corrected chi connectivity index (χ2v) is 5.15. The summed E-state index contributed by atoms with van der Waals surface area (Å²) in [5.41, 5.74) is 2.86. The van der Waals surface area contributed by atoms with Crippen LogP contribution in [0.5, 0.6) is 11.5 Å². The lowest BCUT2D eigenvalue weighted by molar-refractivity contribution is -0.132. The van der Waals surface area contributed by atoms with Gasteiger partial charge in [0.1, 0.15) is 0 Å². The number of aliphatic carboxylic acids is 1. The van der Waals surface area contributed by atoms with Crippen LogP contribution in [-0.2, 0) is 17.8 Å². The molecule has 0 spiro atoms. The standard InChI is InChI=1S/C16H21NO4/c1-11(16(18)19)4-6-17-7-5-12-8-14(20-2)15(21-3)9-13(12)10-17/h4,8-9H,5-7,10H2,1-3H3,(H,18,19). The van der Waals surface area contributed by atoms with Gasteiger partial charge in [0.2, 0.25) is 0 Å². The number of benzene rings is 1. The molecule has 1 aliphatic heterocycles. The van der Waals surface area contributed by atoms with E-state index in [1.807, 2.05) is 12.1 Å². The summed E-state index contributed by atoms with van der Waals surface area (Å²) in [4.78, 5) is 13.0. The number of hydrogen-bond donors (Lipinski definition) is 1. The lowest BCUT2D eigenvalue weighted by Crippen LogP contribution is -2.31. The van der Waals surface area contributed by atoms with Gasteiger partial charge in [0.05, 0.1) is 14.2 Å². The van der Waals surface area contributed by atoms with Crippen LogP contribution in [-0.4, -0.2) is 43.3 Å². The molecule has 21 heavy (non-hydrogen) atoms. The summed E-state index contributed by atoms with van der Waals surface area (Å²) >= 11 is 0. The molecule has 5 heteroatoms. The Morgan fingerprint density at radius 1 is 1.29 bits per heavy atom. The fourth-order valence-corrected chi connectivity index (χ4v) is 2.45. The Bertz CT molecular complexity index is 566. The first-order valence-electron chi connectivity index (χ1n) is 6.91. The Hall–Kier alpha value is -2.01. The number of carbonyl (C=O) groups is 1. The first-order valence-corrected chi connectivity index (χ1v) is 6.91. The maximum absolute atomic E-state index is 10.8. The molecule has 1 aromatic carbocycles. The van der Waals surface area contributed by atoms with Gasteiger partial charge >= 0.3 is 5.97 Å². The lowest BCUT2D eigenvalue weighted by atomic mass is 9.98. The second kappa shape index (κ2) is 6.63. The fourth-order valence-electron chi connectivity index (χ4n) is 2.45. The predicted octanol–water partition coefficient (Wildman–Crippen LogP) is 2.09. The third-order valence-corrected chi connectivity index (χ3v) is 3.79. The minimum absolute atomic E-state index is 0.383. The fraction of sp³-hybridized carbons (Fsp3) is 0.438. The summed E-state index contributed by atoms with van der Waals surface area (Å²) in [5, 5.41) is 8.88. The van der Waals surface area contributed by atoms with E-state index in [0.29, 0.717) is 12.1 Å². The van der Waals surface area contributed by atoms with E-state index in [-0.39, 0.29) is 0 Å². The number of hydrogen-bond acceptors (Lipinski definition) is 4. The number of carboxylic acid groups (broad SMARTS) is 1. The van der Waals surface area contributed by atoms with Crippen molar-refractivity contribution in [2.45, 2.75) is 19.9 Å². The SMILES string of the molecule is COc1cc2c(cc1OC)CN(CC=C(C)C(=O)O)CC2. The first kappa shape index (κ1) is 15.4. The van der Waals surface area contributed by atoms with Crippen LogP contribution in [0.4, 0.5) is 0 Å². The van der Waals surface area contributed by atoms with E-state index in [2.05, 4.69) is 4.90 Å². The Balaban J connectivity index is 2.13. The molecular weight excluding hydrogens is 270 g/mol. The number of ether oxygens (including phenoxy) is 2. The third kappa shape index (κ3) is 3.55. The highest BCUT2D eigenvalue weighted by Crippen LogP contribution is 2.33. The van der Waals surface area contributed by atoms with E-state index in [0.717, 1.165) is 31.0 Å². The highest BCUT2D eigenvalue weighted by Gasteiger charge is 2.18. The quantitative estimate of drug-likeness (QED) is 0.842. The molecule has 0 bridgehead atoms. The summed E-state index contributed by atoms with van der Waals surface area (Å²) in [6.07, 6.45) is 2.68. The average Bonchev–Trinajstić information content (AvgIpc) is 2.50. The van der Waals surface area contributed by atoms with Gasteiger partial charge < -0.3 is 14.6 Å². The molecule has 0 saturated carbocycles. The van der Waals surface area contributed by atoms with Gasteiger partial charge in [-0.2, -0.15) is 0 Å². The molecule has 1 aromatic rings. The van der Waals surface area contributed by atoms with E-state index >= 15 is 0 Å². The van der Waals surface area contributed by atoms with Crippen LogP contribution in [0.25, 0.3) is 0 Å². The molecule has 1 heterocycles. The van der Waals surface area contributed by atoms with E-state index < -0.39 is 5.97 Å².